The Kier molecular flexibility index (Phi) is 5.03. The maximum absolute atomic E-state index is 12.4. The predicted octanol–water partition coefficient (Wildman–Crippen LogP) is 1.18. The topological polar surface area (TPSA) is 122 Å². The monoisotopic (exact) mass is 383 g/mol. The lowest BCUT2D eigenvalue weighted by molar-refractivity contribution is -0.151. The van der Waals surface area contributed by atoms with Crippen LogP contribution >= 0.6 is 0 Å². The number of barbiturate groups is 1. The summed E-state index contributed by atoms with van der Waals surface area (Å²) in [5.41, 5.74) is 0.980. The third kappa shape index (κ3) is 3.52. The summed E-state index contributed by atoms with van der Waals surface area (Å²) < 4.78 is 5.61. The van der Waals surface area contributed by atoms with Crippen molar-refractivity contribution in [2.75, 3.05) is 19.4 Å². The van der Waals surface area contributed by atoms with Crippen molar-refractivity contribution >= 4 is 29.4 Å². The standard InChI is InChI=1S/C18H17N5O5/c1-10-15(20-9-8-19-10)28-12-6-4-11(5-7-12)21-14(24)13-16(25)22(2)18(27)23(3)17(13)26/h4-9,13H,1-3H3,(H,21,24). The quantitative estimate of drug-likeness (QED) is 0.787. The van der Waals surface area contributed by atoms with Crippen LogP contribution in [0.1, 0.15) is 5.69 Å². The molecule has 0 radical (unpaired) electrons. The van der Waals surface area contributed by atoms with E-state index in [1.165, 1.54) is 20.3 Å². The van der Waals surface area contributed by atoms with Crippen molar-refractivity contribution in [1.29, 1.82) is 0 Å². The molecule has 2 aromatic rings. The largest absolute Gasteiger partial charge is 0.437 e. The minimum atomic E-state index is -1.62. The molecular weight excluding hydrogens is 366 g/mol. The number of aromatic nitrogens is 2. The zero-order valence-corrected chi connectivity index (χ0v) is 15.4. The second-order valence-electron chi connectivity index (χ2n) is 6.07. The fourth-order valence-electron chi connectivity index (χ4n) is 2.56. The molecule has 5 amide bonds. The van der Waals surface area contributed by atoms with Crippen molar-refractivity contribution in [3.8, 4) is 11.6 Å². The van der Waals surface area contributed by atoms with Crippen LogP contribution in [0.5, 0.6) is 11.6 Å². The third-order valence-electron chi connectivity index (χ3n) is 4.16. The molecule has 28 heavy (non-hydrogen) atoms. The first-order chi connectivity index (χ1) is 13.3. The Labute approximate surface area is 160 Å². The molecular formula is C18H17N5O5. The van der Waals surface area contributed by atoms with E-state index >= 15 is 0 Å². The van der Waals surface area contributed by atoms with Crippen LogP contribution in [0.2, 0.25) is 0 Å². The number of nitrogens with zero attached hydrogens (tertiary/aromatic N) is 4. The minimum Gasteiger partial charge on any atom is -0.437 e. The SMILES string of the molecule is Cc1nccnc1Oc1ccc(NC(=O)C2C(=O)N(C)C(=O)N(C)C2=O)cc1. The van der Waals surface area contributed by atoms with E-state index in [4.69, 9.17) is 4.74 Å². The molecule has 1 saturated heterocycles. The second kappa shape index (κ2) is 7.43. The summed E-state index contributed by atoms with van der Waals surface area (Å²) in [5.74, 6) is -3.36. The lowest BCUT2D eigenvalue weighted by Gasteiger charge is -2.32. The summed E-state index contributed by atoms with van der Waals surface area (Å²) in [7, 11) is 2.43. The summed E-state index contributed by atoms with van der Waals surface area (Å²) in [5, 5.41) is 2.50. The van der Waals surface area contributed by atoms with Gasteiger partial charge >= 0.3 is 6.03 Å². The van der Waals surface area contributed by atoms with Gasteiger partial charge in [0.15, 0.2) is 5.92 Å². The summed E-state index contributed by atoms with van der Waals surface area (Å²) in [6.45, 7) is 1.76. The van der Waals surface area contributed by atoms with Crippen LogP contribution in [-0.2, 0) is 14.4 Å². The van der Waals surface area contributed by atoms with Crippen LogP contribution < -0.4 is 10.1 Å². The van der Waals surface area contributed by atoms with E-state index < -0.39 is 29.7 Å². The molecule has 10 heteroatoms. The molecule has 1 aromatic carbocycles. The van der Waals surface area contributed by atoms with Gasteiger partial charge in [-0.15, -0.1) is 0 Å². The van der Waals surface area contributed by atoms with Crippen molar-refractivity contribution in [2.45, 2.75) is 6.92 Å². The van der Waals surface area contributed by atoms with Gasteiger partial charge in [-0.2, -0.15) is 0 Å². The van der Waals surface area contributed by atoms with Crippen molar-refractivity contribution in [3.63, 3.8) is 0 Å². The molecule has 2 heterocycles. The predicted molar refractivity (Wildman–Crippen MR) is 96.3 cm³/mol. The Morgan fingerprint density at radius 1 is 1.00 bits per heavy atom. The normalized spacial score (nSPS) is 15.0. The fourth-order valence-corrected chi connectivity index (χ4v) is 2.56. The first kappa shape index (κ1) is 19.0. The molecule has 1 N–H and O–H groups in total. The van der Waals surface area contributed by atoms with Gasteiger partial charge in [0.25, 0.3) is 11.8 Å². The van der Waals surface area contributed by atoms with Gasteiger partial charge in [-0.3, -0.25) is 29.2 Å². The van der Waals surface area contributed by atoms with Gasteiger partial charge in [-0.1, -0.05) is 0 Å². The van der Waals surface area contributed by atoms with Crippen molar-refractivity contribution in [2.24, 2.45) is 5.92 Å². The molecule has 0 spiro atoms. The highest BCUT2D eigenvalue weighted by atomic mass is 16.5. The summed E-state index contributed by atoms with van der Waals surface area (Å²) in [6, 6.07) is 5.51. The van der Waals surface area contributed by atoms with Crippen LogP contribution in [-0.4, -0.2) is 57.6 Å². The summed E-state index contributed by atoms with van der Waals surface area (Å²) in [4.78, 5) is 58.2. The number of carbonyl (C=O) groups excluding carboxylic acids is 4. The molecule has 1 aromatic heterocycles. The summed E-state index contributed by atoms with van der Waals surface area (Å²) in [6.07, 6.45) is 3.06. The van der Waals surface area contributed by atoms with Crippen molar-refractivity contribution < 1.29 is 23.9 Å². The first-order valence-corrected chi connectivity index (χ1v) is 8.25. The molecule has 3 rings (SSSR count). The van der Waals surface area contributed by atoms with Gasteiger partial charge in [0.2, 0.25) is 11.8 Å². The highest BCUT2D eigenvalue weighted by molar-refractivity contribution is 6.27. The molecule has 0 aliphatic carbocycles. The van der Waals surface area contributed by atoms with E-state index in [1.54, 1.807) is 37.4 Å². The maximum Gasteiger partial charge on any atom is 0.332 e. The number of hydrogen-bond acceptors (Lipinski definition) is 7. The van der Waals surface area contributed by atoms with Gasteiger partial charge in [-0.25, -0.2) is 9.78 Å². The Balaban J connectivity index is 1.71. The maximum atomic E-state index is 12.4. The molecule has 0 unspecified atom stereocenters. The number of aryl methyl sites for hydroxylation is 1. The number of nitrogens with one attached hydrogen (secondary N) is 1. The van der Waals surface area contributed by atoms with E-state index in [-0.39, 0.29) is 0 Å². The fraction of sp³-hybridized carbons (Fsp3) is 0.222. The van der Waals surface area contributed by atoms with Crippen LogP contribution in [0.3, 0.4) is 0 Å². The highest BCUT2D eigenvalue weighted by Crippen LogP contribution is 2.24. The van der Waals surface area contributed by atoms with Gasteiger partial charge in [-0.05, 0) is 31.2 Å². The van der Waals surface area contributed by atoms with E-state index in [2.05, 4.69) is 15.3 Å². The Morgan fingerprint density at radius 3 is 2.14 bits per heavy atom. The number of carbonyl (C=O) groups is 4. The molecule has 144 valence electrons. The van der Waals surface area contributed by atoms with E-state index in [0.29, 0.717) is 23.0 Å². The van der Waals surface area contributed by atoms with Crippen LogP contribution in [0.15, 0.2) is 36.7 Å². The zero-order valence-electron chi connectivity index (χ0n) is 15.4. The molecule has 0 saturated carbocycles. The molecule has 0 atom stereocenters. The van der Waals surface area contributed by atoms with E-state index in [9.17, 15) is 19.2 Å². The number of hydrogen-bond donors (Lipinski definition) is 1. The second-order valence-corrected chi connectivity index (χ2v) is 6.07. The minimum absolute atomic E-state index is 0.355. The summed E-state index contributed by atoms with van der Waals surface area (Å²) >= 11 is 0. The van der Waals surface area contributed by atoms with E-state index in [0.717, 1.165) is 9.80 Å². The molecule has 0 bridgehead atoms. The van der Waals surface area contributed by atoms with Gasteiger partial charge in [0, 0.05) is 32.2 Å². The number of benzene rings is 1. The molecule has 1 aliphatic heterocycles. The van der Waals surface area contributed by atoms with Gasteiger partial charge in [0.05, 0.1) is 5.69 Å². The number of imide groups is 2. The van der Waals surface area contributed by atoms with Crippen LogP contribution in [0.4, 0.5) is 10.5 Å². The Morgan fingerprint density at radius 2 is 1.57 bits per heavy atom. The first-order valence-electron chi connectivity index (χ1n) is 8.25. The third-order valence-corrected chi connectivity index (χ3v) is 4.16. The smallest absolute Gasteiger partial charge is 0.332 e. The number of anilines is 1. The van der Waals surface area contributed by atoms with Crippen molar-refractivity contribution in [1.82, 2.24) is 19.8 Å². The molecule has 1 aliphatic rings. The number of ether oxygens (including phenoxy) is 1. The van der Waals surface area contributed by atoms with Crippen LogP contribution in [0, 0.1) is 12.8 Å². The van der Waals surface area contributed by atoms with Crippen LogP contribution in [0.25, 0.3) is 0 Å². The Bertz CT molecular complexity index is 935. The van der Waals surface area contributed by atoms with Gasteiger partial charge in [0.1, 0.15) is 5.75 Å². The lowest BCUT2D eigenvalue weighted by atomic mass is 10.0. The van der Waals surface area contributed by atoms with Crippen molar-refractivity contribution in [3.05, 3.63) is 42.4 Å². The van der Waals surface area contributed by atoms with Gasteiger partial charge < -0.3 is 10.1 Å². The Hall–Kier alpha value is -3.82. The van der Waals surface area contributed by atoms with E-state index in [1.807, 2.05) is 0 Å². The lowest BCUT2D eigenvalue weighted by Crippen LogP contribution is -2.59. The highest BCUT2D eigenvalue weighted by Gasteiger charge is 2.46. The number of rotatable bonds is 4. The number of amides is 5. The molecule has 1 fully saturated rings. The molecule has 10 nitrogen and oxygen atoms in total. The zero-order chi connectivity index (χ0) is 20.4. The number of urea groups is 1. The average Bonchev–Trinajstić information content (AvgIpc) is 2.68. The average molecular weight is 383 g/mol.